The van der Waals surface area contributed by atoms with Crippen molar-refractivity contribution in [3.63, 3.8) is 0 Å². The molecule has 1 aromatic rings. The highest BCUT2D eigenvalue weighted by molar-refractivity contribution is 5.85. The number of amides is 2. The topological polar surface area (TPSA) is 70.7 Å². The van der Waals surface area contributed by atoms with Crippen LogP contribution in [-0.2, 0) is 9.59 Å². The summed E-state index contributed by atoms with van der Waals surface area (Å²) in [4.78, 5) is 22.6. The van der Waals surface area contributed by atoms with Gasteiger partial charge in [-0.25, -0.2) is 5.01 Å². The molecule has 0 aliphatic rings. The van der Waals surface area contributed by atoms with Gasteiger partial charge in [0.1, 0.15) is 5.75 Å². The molecule has 6 nitrogen and oxygen atoms in total. The Balaban J connectivity index is 2.20. The summed E-state index contributed by atoms with van der Waals surface area (Å²) >= 11 is 0. The van der Waals surface area contributed by atoms with E-state index >= 15 is 0 Å². The molecule has 1 rings (SSSR count). The van der Waals surface area contributed by atoms with E-state index in [1.807, 2.05) is 18.2 Å². The number of ether oxygens (including phenoxy) is 1. The van der Waals surface area contributed by atoms with Gasteiger partial charge in [-0.05, 0) is 12.1 Å². The first-order valence-electron chi connectivity index (χ1n) is 5.49. The lowest BCUT2D eigenvalue weighted by Crippen LogP contribution is -2.43. The molecule has 0 radical (unpaired) electrons. The van der Waals surface area contributed by atoms with Crippen molar-refractivity contribution in [3.05, 3.63) is 30.3 Å². The summed E-state index contributed by atoms with van der Waals surface area (Å²) in [6.45, 7) is -0.186. The molecule has 2 N–H and O–H groups in total. The first-order valence-corrected chi connectivity index (χ1v) is 5.49. The van der Waals surface area contributed by atoms with Crippen molar-refractivity contribution in [1.29, 1.82) is 0 Å². The average Bonchev–Trinajstić information content (AvgIpc) is 2.34. The fraction of sp³-hybridized carbons (Fsp3) is 0.333. The summed E-state index contributed by atoms with van der Waals surface area (Å²) in [6, 6.07) is 9.01. The predicted molar refractivity (Wildman–Crippen MR) is 66.8 cm³/mol. The fourth-order valence-electron chi connectivity index (χ4n) is 1.18. The second kappa shape index (κ2) is 7.29. The van der Waals surface area contributed by atoms with Gasteiger partial charge in [-0.15, -0.1) is 0 Å². The number of hydrazine groups is 1. The lowest BCUT2D eigenvalue weighted by molar-refractivity contribution is -0.129. The summed E-state index contributed by atoms with van der Waals surface area (Å²) in [5, 5.41) is 3.96. The maximum Gasteiger partial charge on any atom is 0.258 e. The summed E-state index contributed by atoms with van der Waals surface area (Å²) in [7, 11) is 3.39. The molecule has 0 saturated heterocycles. The maximum absolute atomic E-state index is 11.4. The maximum atomic E-state index is 11.4. The molecule has 1 aromatic carbocycles. The van der Waals surface area contributed by atoms with Gasteiger partial charge >= 0.3 is 0 Å². The van der Waals surface area contributed by atoms with Gasteiger partial charge in [-0.3, -0.25) is 15.0 Å². The molecule has 0 atom stereocenters. The standard InChI is InChI=1S/C12H17N3O3/c1-15(2)14-11(16)8-13-12(17)9-18-10-6-4-3-5-7-10/h3-7H,8-9H2,1-2H3,(H,13,17)(H,14,16). The SMILES string of the molecule is CN(C)NC(=O)CNC(=O)COc1ccccc1. The molecule has 6 heteroatoms. The van der Waals surface area contributed by atoms with E-state index in [0.29, 0.717) is 5.75 Å². The zero-order valence-electron chi connectivity index (χ0n) is 10.5. The van der Waals surface area contributed by atoms with E-state index in [0.717, 1.165) is 0 Å². The van der Waals surface area contributed by atoms with Crippen molar-refractivity contribution >= 4 is 11.8 Å². The van der Waals surface area contributed by atoms with Crippen LogP contribution in [0, 0.1) is 0 Å². The van der Waals surface area contributed by atoms with Gasteiger partial charge in [0.25, 0.3) is 11.8 Å². The van der Waals surface area contributed by atoms with Gasteiger partial charge in [0.2, 0.25) is 0 Å². The summed E-state index contributed by atoms with van der Waals surface area (Å²) in [5.41, 5.74) is 2.51. The normalized spacial score (nSPS) is 9.94. The van der Waals surface area contributed by atoms with Crippen LogP contribution in [0.3, 0.4) is 0 Å². The van der Waals surface area contributed by atoms with Crippen molar-refractivity contribution in [2.24, 2.45) is 0 Å². The summed E-state index contributed by atoms with van der Waals surface area (Å²) < 4.78 is 5.23. The van der Waals surface area contributed by atoms with E-state index in [1.54, 1.807) is 26.2 Å². The van der Waals surface area contributed by atoms with Crippen LogP contribution >= 0.6 is 0 Å². The van der Waals surface area contributed by atoms with Crippen LogP contribution in [0.1, 0.15) is 0 Å². The highest BCUT2D eigenvalue weighted by atomic mass is 16.5. The van der Waals surface area contributed by atoms with E-state index < -0.39 is 0 Å². The zero-order valence-corrected chi connectivity index (χ0v) is 10.5. The Morgan fingerprint density at radius 3 is 2.44 bits per heavy atom. The van der Waals surface area contributed by atoms with Gasteiger partial charge in [-0.1, -0.05) is 18.2 Å². The van der Waals surface area contributed by atoms with Crippen LogP contribution in [0.5, 0.6) is 5.75 Å². The monoisotopic (exact) mass is 251 g/mol. The largest absolute Gasteiger partial charge is 0.484 e. The highest BCUT2D eigenvalue weighted by Gasteiger charge is 2.06. The molecule has 0 bridgehead atoms. The summed E-state index contributed by atoms with van der Waals surface area (Å²) in [5.74, 6) is -0.00814. The Morgan fingerprint density at radius 1 is 1.17 bits per heavy atom. The molecular formula is C12H17N3O3. The number of carbonyl (C=O) groups is 2. The molecular weight excluding hydrogens is 234 g/mol. The minimum absolute atomic E-state index is 0.0742. The number of benzene rings is 1. The second-order valence-corrected chi connectivity index (χ2v) is 3.81. The van der Waals surface area contributed by atoms with Gasteiger partial charge in [0.15, 0.2) is 6.61 Å². The minimum Gasteiger partial charge on any atom is -0.484 e. The van der Waals surface area contributed by atoms with Crippen LogP contribution in [0.25, 0.3) is 0 Å². The number of nitrogens with zero attached hydrogens (tertiary/aromatic N) is 1. The van der Waals surface area contributed by atoms with Gasteiger partial charge in [0.05, 0.1) is 6.54 Å². The Kier molecular flexibility index (Phi) is 5.66. The van der Waals surface area contributed by atoms with Crippen LogP contribution in [-0.4, -0.2) is 44.1 Å². The van der Waals surface area contributed by atoms with Crippen LogP contribution in [0.15, 0.2) is 30.3 Å². The van der Waals surface area contributed by atoms with Crippen molar-refractivity contribution in [3.8, 4) is 5.75 Å². The van der Waals surface area contributed by atoms with Crippen molar-refractivity contribution in [1.82, 2.24) is 15.8 Å². The number of hydrogen-bond donors (Lipinski definition) is 2. The molecule has 2 amide bonds. The highest BCUT2D eigenvalue weighted by Crippen LogP contribution is 2.07. The van der Waals surface area contributed by atoms with E-state index in [-0.39, 0.29) is 25.0 Å². The number of hydrogen-bond acceptors (Lipinski definition) is 4. The zero-order chi connectivity index (χ0) is 13.4. The molecule has 98 valence electrons. The van der Waals surface area contributed by atoms with Crippen LogP contribution in [0.2, 0.25) is 0 Å². The molecule has 0 unspecified atom stereocenters. The van der Waals surface area contributed by atoms with Crippen molar-refractivity contribution < 1.29 is 14.3 Å². The number of rotatable bonds is 6. The lowest BCUT2D eigenvalue weighted by atomic mass is 10.3. The third-order valence-corrected chi connectivity index (χ3v) is 1.91. The number of carbonyl (C=O) groups excluding carboxylic acids is 2. The van der Waals surface area contributed by atoms with E-state index in [2.05, 4.69) is 10.7 Å². The molecule has 18 heavy (non-hydrogen) atoms. The predicted octanol–water partition coefficient (Wildman–Crippen LogP) is -0.226. The quantitative estimate of drug-likeness (QED) is 0.685. The molecule has 0 aromatic heterocycles. The third kappa shape index (κ3) is 5.86. The Labute approximate surface area is 106 Å². The van der Waals surface area contributed by atoms with Crippen LogP contribution < -0.4 is 15.5 Å². The second-order valence-electron chi connectivity index (χ2n) is 3.81. The van der Waals surface area contributed by atoms with Gasteiger partial charge in [-0.2, -0.15) is 0 Å². The molecule has 0 heterocycles. The first-order chi connectivity index (χ1) is 8.58. The molecule has 0 saturated carbocycles. The molecule has 0 spiro atoms. The Morgan fingerprint density at radius 2 is 1.83 bits per heavy atom. The molecule has 0 aliphatic heterocycles. The number of para-hydroxylation sites is 1. The smallest absolute Gasteiger partial charge is 0.258 e. The van der Waals surface area contributed by atoms with E-state index in [1.165, 1.54) is 5.01 Å². The van der Waals surface area contributed by atoms with Gasteiger partial charge in [0, 0.05) is 14.1 Å². The van der Waals surface area contributed by atoms with E-state index in [9.17, 15) is 9.59 Å². The minimum atomic E-state index is -0.340. The van der Waals surface area contributed by atoms with Crippen molar-refractivity contribution in [2.45, 2.75) is 0 Å². The third-order valence-electron chi connectivity index (χ3n) is 1.91. The number of nitrogens with one attached hydrogen (secondary N) is 2. The van der Waals surface area contributed by atoms with E-state index in [4.69, 9.17) is 4.74 Å². The fourth-order valence-corrected chi connectivity index (χ4v) is 1.18. The summed E-state index contributed by atoms with van der Waals surface area (Å²) in [6.07, 6.45) is 0. The Hall–Kier alpha value is -2.08. The molecule has 0 aliphatic carbocycles. The molecule has 0 fully saturated rings. The lowest BCUT2D eigenvalue weighted by Gasteiger charge is -2.12. The average molecular weight is 251 g/mol. The Bertz CT molecular complexity index is 393. The van der Waals surface area contributed by atoms with Gasteiger partial charge < -0.3 is 10.1 Å². The first kappa shape index (κ1) is 14.0. The van der Waals surface area contributed by atoms with Crippen molar-refractivity contribution in [2.75, 3.05) is 27.2 Å². The van der Waals surface area contributed by atoms with Crippen LogP contribution in [0.4, 0.5) is 0 Å².